The lowest BCUT2D eigenvalue weighted by molar-refractivity contribution is -0.130. The highest BCUT2D eigenvalue weighted by Crippen LogP contribution is 2.31. The zero-order valence-electron chi connectivity index (χ0n) is 34.8. The number of rotatable bonds is 12. The van der Waals surface area contributed by atoms with Crippen LogP contribution in [0.25, 0.3) is 22.5 Å². The number of likely N-dealkylation sites (tertiary alicyclic amines) is 1. The molecule has 0 spiro atoms. The van der Waals surface area contributed by atoms with Crippen LogP contribution in [0.15, 0.2) is 60.7 Å². The molecule has 2 heterocycles. The van der Waals surface area contributed by atoms with Crippen molar-refractivity contribution in [3.63, 3.8) is 0 Å². The second-order valence-electron chi connectivity index (χ2n) is 16.8. The number of piperidine rings is 1. The van der Waals surface area contributed by atoms with Crippen LogP contribution in [0.1, 0.15) is 86.3 Å². The molecular formula is C44H55N9O7. The quantitative estimate of drug-likeness (QED) is 0.0976. The van der Waals surface area contributed by atoms with Crippen molar-refractivity contribution in [3.8, 4) is 22.5 Å². The van der Waals surface area contributed by atoms with Crippen LogP contribution < -0.4 is 21.3 Å². The van der Waals surface area contributed by atoms with Gasteiger partial charge in [0.1, 0.15) is 11.6 Å². The summed E-state index contributed by atoms with van der Waals surface area (Å²) in [6, 6.07) is 17.7. The van der Waals surface area contributed by atoms with Gasteiger partial charge in [-0.2, -0.15) is 5.21 Å². The van der Waals surface area contributed by atoms with Gasteiger partial charge < -0.3 is 36.0 Å². The zero-order chi connectivity index (χ0) is 43.0. The van der Waals surface area contributed by atoms with Crippen LogP contribution in [0.2, 0.25) is 0 Å². The van der Waals surface area contributed by atoms with Crippen molar-refractivity contribution in [1.29, 1.82) is 0 Å². The van der Waals surface area contributed by atoms with E-state index in [4.69, 9.17) is 4.74 Å². The average Bonchev–Trinajstić information content (AvgIpc) is 3.77. The Morgan fingerprint density at radius 1 is 0.867 bits per heavy atom. The molecule has 6 N–H and O–H groups in total. The molecule has 1 atom stereocenters. The van der Waals surface area contributed by atoms with Gasteiger partial charge in [-0.25, -0.2) is 9.59 Å². The Bertz CT molecular complexity index is 2140. The number of carbonyl (C=O) groups is 5. The number of tetrazole rings is 1. The number of ether oxygens (including phenoxy) is 1. The lowest BCUT2D eigenvalue weighted by Crippen LogP contribution is -2.48. The van der Waals surface area contributed by atoms with Crippen molar-refractivity contribution in [2.24, 2.45) is 11.8 Å². The molecule has 1 saturated heterocycles. The van der Waals surface area contributed by atoms with Crippen molar-refractivity contribution in [2.45, 2.75) is 97.2 Å². The first kappa shape index (κ1) is 43.3. The Kier molecular flexibility index (Phi) is 13.8. The van der Waals surface area contributed by atoms with Gasteiger partial charge in [0.15, 0.2) is 0 Å². The molecule has 2 fully saturated rings. The van der Waals surface area contributed by atoms with Gasteiger partial charge in [-0.15, -0.1) is 10.2 Å². The van der Waals surface area contributed by atoms with E-state index in [1.807, 2.05) is 71.0 Å². The first-order valence-corrected chi connectivity index (χ1v) is 20.5. The molecule has 16 nitrogen and oxygen atoms in total. The fourth-order valence-electron chi connectivity index (χ4n) is 7.80. The molecule has 1 aliphatic carbocycles. The highest BCUT2D eigenvalue weighted by atomic mass is 16.6. The molecule has 1 saturated carbocycles. The van der Waals surface area contributed by atoms with E-state index in [0.29, 0.717) is 62.4 Å². The van der Waals surface area contributed by atoms with Crippen LogP contribution in [0.5, 0.6) is 0 Å². The molecule has 16 heteroatoms. The lowest BCUT2D eigenvalue weighted by atomic mass is 9.81. The van der Waals surface area contributed by atoms with E-state index in [9.17, 15) is 29.1 Å². The maximum atomic E-state index is 13.9. The number of H-pyrrole nitrogens is 1. The summed E-state index contributed by atoms with van der Waals surface area (Å²) < 4.78 is 5.36. The highest BCUT2D eigenvalue weighted by Gasteiger charge is 2.31. The average molecular weight is 822 g/mol. The third kappa shape index (κ3) is 11.4. The van der Waals surface area contributed by atoms with Crippen molar-refractivity contribution in [1.82, 2.24) is 41.5 Å². The third-order valence-electron chi connectivity index (χ3n) is 11.4. The summed E-state index contributed by atoms with van der Waals surface area (Å²) in [4.78, 5) is 65.7. The molecule has 1 aromatic heterocycles. The monoisotopic (exact) mass is 821 g/mol. The normalized spacial score (nSPS) is 17.6. The largest absolute Gasteiger partial charge is 0.465 e. The molecule has 1 aliphatic heterocycles. The Hall–Kier alpha value is -6.32. The Labute approximate surface area is 349 Å². The van der Waals surface area contributed by atoms with Crippen LogP contribution in [-0.2, 0) is 20.7 Å². The topological polar surface area (TPSA) is 221 Å². The van der Waals surface area contributed by atoms with Crippen molar-refractivity contribution in [3.05, 3.63) is 82.9 Å². The van der Waals surface area contributed by atoms with Crippen LogP contribution in [0, 0.1) is 25.7 Å². The van der Waals surface area contributed by atoms with Crippen LogP contribution >= 0.6 is 0 Å². The Balaban J connectivity index is 1.11. The minimum Gasteiger partial charge on any atom is -0.465 e. The fraction of sp³-hybridized carbons (Fsp3) is 0.455. The summed E-state index contributed by atoms with van der Waals surface area (Å²) in [5, 5.41) is 35.2. The predicted molar refractivity (Wildman–Crippen MR) is 225 cm³/mol. The number of aromatic nitrogens is 4. The number of nitrogens with one attached hydrogen (secondary N) is 5. The van der Waals surface area contributed by atoms with E-state index >= 15 is 0 Å². The number of hydrogen-bond acceptors (Lipinski definition) is 9. The molecule has 2 aliphatic rings. The fourth-order valence-corrected chi connectivity index (χ4v) is 7.80. The minimum atomic E-state index is -0.940. The second kappa shape index (κ2) is 19.2. The molecule has 0 bridgehead atoms. The summed E-state index contributed by atoms with van der Waals surface area (Å²) in [5.41, 5.74) is 5.84. The van der Waals surface area contributed by atoms with E-state index in [0.717, 1.165) is 46.2 Å². The number of alkyl carbamates (subject to hydrolysis) is 1. The maximum absolute atomic E-state index is 13.9. The van der Waals surface area contributed by atoms with Crippen LogP contribution in [0.4, 0.5) is 15.3 Å². The van der Waals surface area contributed by atoms with Gasteiger partial charge in [0, 0.05) is 54.8 Å². The number of nitrogens with zero attached hydrogens (tertiary/aromatic N) is 4. The van der Waals surface area contributed by atoms with Crippen molar-refractivity contribution < 1.29 is 33.8 Å². The van der Waals surface area contributed by atoms with Gasteiger partial charge in [0.25, 0.3) is 5.91 Å². The first-order chi connectivity index (χ1) is 28.6. The second-order valence-corrected chi connectivity index (χ2v) is 16.8. The summed E-state index contributed by atoms with van der Waals surface area (Å²) in [6.45, 7) is 10.6. The summed E-state index contributed by atoms with van der Waals surface area (Å²) in [6.07, 6.45) is 2.79. The number of carbonyl (C=O) groups excluding carboxylic acids is 4. The van der Waals surface area contributed by atoms with E-state index in [1.165, 1.54) is 4.90 Å². The molecule has 3 aromatic carbocycles. The van der Waals surface area contributed by atoms with Crippen LogP contribution in [-0.4, -0.2) is 97.9 Å². The maximum Gasteiger partial charge on any atom is 0.407 e. The van der Waals surface area contributed by atoms with E-state index in [2.05, 4.69) is 41.9 Å². The summed E-state index contributed by atoms with van der Waals surface area (Å²) in [7, 11) is 0. The van der Waals surface area contributed by atoms with E-state index in [-0.39, 0.29) is 42.0 Å². The summed E-state index contributed by atoms with van der Waals surface area (Å²) in [5.74, 6) is -0.331. The molecule has 0 unspecified atom stereocenters. The molecule has 0 radical (unpaired) electrons. The van der Waals surface area contributed by atoms with Gasteiger partial charge in [-0.3, -0.25) is 14.4 Å². The molecular weight excluding hydrogens is 767 g/mol. The highest BCUT2D eigenvalue weighted by molar-refractivity contribution is 5.98. The first-order valence-electron chi connectivity index (χ1n) is 20.5. The van der Waals surface area contributed by atoms with Gasteiger partial charge in [0.05, 0.1) is 0 Å². The lowest BCUT2D eigenvalue weighted by Gasteiger charge is -2.30. The van der Waals surface area contributed by atoms with Gasteiger partial charge in [0.2, 0.25) is 17.6 Å². The predicted octanol–water partition coefficient (Wildman–Crippen LogP) is 6.02. The molecule has 6 rings (SSSR count). The van der Waals surface area contributed by atoms with Crippen molar-refractivity contribution in [2.75, 3.05) is 25.0 Å². The van der Waals surface area contributed by atoms with E-state index in [1.54, 1.807) is 24.3 Å². The number of benzene rings is 3. The van der Waals surface area contributed by atoms with Gasteiger partial charge in [-0.1, -0.05) is 30.3 Å². The molecule has 318 valence electrons. The smallest absolute Gasteiger partial charge is 0.407 e. The van der Waals surface area contributed by atoms with Crippen molar-refractivity contribution >= 4 is 35.6 Å². The minimum absolute atomic E-state index is 0.0890. The number of amides is 5. The molecule has 4 aromatic rings. The molecule has 5 amide bonds. The zero-order valence-corrected chi connectivity index (χ0v) is 34.8. The Morgan fingerprint density at radius 3 is 2.15 bits per heavy atom. The third-order valence-corrected chi connectivity index (χ3v) is 11.4. The number of anilines is 1. The number of hydrogen-bond donors (Lipinski definition) is 6. The van der Waals surface area contributed by atoms with E-state index < -0.39 is 23.8 Å². The summed E-state index contributed by atoms with van der Waals surface area (Å²) >= 11 is 0. The Morgan fingerprint density at radius 2 is 1.53 bits per heavy atom. The van der Waals surface area contributed by atoms with Crippen LogP contribution in [0.3, 0.4) is 0 Å². The standard InChI is InChI=1S/C44H55N9O7/c1-26-27(2)36(40(55)46-34-20-22-53(23-21-34)43(58)59)19-18-35(26)30-10-6-28(7-11-30)24-37(41(56)47-33-16-14-31(15-17-33)38-49-51-52-50-38)48-39(54)32-12-8-29(9-13-32)25-45-42(57)60-44(3,4)5/h6-7,10-11,14-19,29,32,34,37H,8-9,12-13,20-25H2,1-5H3,(H,45,57)(H,46,55)(H,47,56)(H,48,54)(H,58,59)(H,49,50,51,52)/t29?,32?,37-/m0/s1. The SMILES string of the molecule is Cc1c(C(=O)NC2CCN(C(=O)O)CC2)ccc(-c2ccc(C[C@H](NC(=O)C3CCC(CNC(=O)OC(C)(C)C)CC3)C(=O)Nc3ccc(-c4nn[nH]n4)cc3)cc2)c1C. The van der Waals surface area contributed by atoms with Gasteiger partial charge in [-0.05, 0) is 142 Å². The van der Waals surface area contributed by atoms with Gasteiger partial charge >= 0.3 is 12.2 Å². The number of aromatic amines is 1. The number of carboxylic acid groups (broad SMARTS) is 1. The molecule has 60 heavy (non-hydrogen) atoms.